The fourth-order valence-electron chi connectivity index (χ4n) is 2.49. The molecule has 3 rings (SSSR count). The minimum atomic E-state index is -0.539. The predicted octanol–water partition coefficient (Wildman–Crippen LogP) is 2.03. The second-order valence-electron chi connectivity index (χ2n) is 5.60. The molecule has 1 aliphatic rings. The Morgan fingerprint density at radius 2 is 1.81 bits per heavy atom. The Labute approximate surface area is 177 Å². The van der Waals surface area contributed by atoms with Crippen molar-refractivity contribution in [1.29, 1.82) is 0 Å². The minimum Gasteiger partial charge on any atom is -0.370 e. The van der Waals surface area contributed by atoms with Gasteiger partial charge in [0.05, 0.1) is 11.3 Å². The van der Waals surface area contributed by atoms with Crippen molar-refractivity contribution in [3.05, 3.63) is 40.5 Å². The van der Waals surface area contributed by atoms with E-state index in [2.05, 4.69) is 44.2 Å². The molecule has 1 aliphatic heterocycles. The minimum absolute atomic E-state index is 0. The van der Waals surface area contributed by atoms with Crippen LogP contribution >= 0.6 is 0 Å². The summed E-state index contributed by atoms with van der Waals surface area (Å²) in [4.78, 5) is 29.8. The Morgan fingerprint density at radius 3 is 2.35 bits per heavy atom. The van der Waals surface area contributed by atoms with E-state index in [1.54, 1.807) is 7.05 Å². The molecule has 0 unspecified atom stereocenters. The summed E-state index contributed by atoms with van der Waals surface area (Å²) in [5, 5.41) is 11.2. The van der Waals surface area contributed by atoms with Gasteiger partial charge in [-0.05, 0) is 18.9 Å². The molecule has 8 nitrogen and oxygen atoms in total. The first-order chi connectivity index (χ1) is 11.6. The summed E-state index contributed by atoms with van der Waals surface area (Å²) in [5.74, 6) is 0.682. The van der Waals surface area contributed by atoms with Crippen LogP contribution in [0.5, 0.6) is 0 Å². The summed E-state index contributed by atoms with van der Waals surface area (Å²) in [6.07, 6.45) is 4.89. The van der Waals surface area contributed by atoms with Crippen LogP contribution in [0.25, 0.3) is 11.3 Å². The molecule has 142 valence electrons. The summed E-state index contributed by atoms with van der Waals surface area (Å²) in [5.41, 5.74) is 0.644. The second-order valence-corrected chi connectivity index (χ2v) is 5.60. The van der Waals surface area contributed by atoms with E-state index < -0.39 is 11.2 Å². The fourth-order valence-corrected chi connectivity index (χ4v) is 2.49. The summed E-state index contributed by atoms with van der Waals surface area (Å²) < 4.78 is 0. The number of H-pyrrole nitrogens is 2. The zero-order valence-corrected chi connectivity index (χ0v) is 20.0. The Hall–Kier alpha value is -1.59. The molecule has 1 saturated heterocycles. The Bertz CT molecular complexity index is 783. The van der Waals surface area contributed by atoms with Gasteiger partial charge in [-0.1, -0.05) is 20.3 Å². The fraction of sp³-hybridized carbons (Fsp3) is 0.471. The van der Waals surface area contributed by atoms with Gasteiger partial charge < -0.3 is 22.6 Å². The number of nitrogens with one attached hydrogen (secondary N) is 3. The molecule has 0 aromatic carbocycles. The van der Waals surface area contributed by atoms with Crippen LogP contribution in [-0.2, 0) is 0 Å². The van der Waals surface area contributed by atoms with Crippen LogP contribution in [0.4, 0.5) is 11.5 Å². The largest absolute Gasteiger partial charge is 0.370 e. The molecule has 0 bridgehead atoms. The third kappa shape index (κ3) is 5.99. The molecule has 2 aromatic rings. The third-order valence-corrected chi connectivity index (χ3v) is 3.55. The molecule has 0 saturated carbocycles. The molecule has 3 N–H and O–H groups in total. The van der Waals surface area contributed by atoms with E-state index >= 15 is 0 Å². The molecule has 0 spiro atoms. The van der Waals surface area contributed by atoms with Crippen molar-refractivity contribution in [1.82, 2.24) is 20.2 Å². The van der Waals surface area contributed by atoms with Gasteiger partial charge in [-0.2, -0.15) is 0 Å². The molecule has 0 aliphatic carbocycles. The van der Waals surface area contributed by atoms with Crippen LogP contribution in [0.1, 0.15) is 33.1 Å². The second kappa shape index (κ2) is 11.9. The van der Waals surface area contributed by atoms with Crippen LogP contribution in [0.2, 0.25) is 0 Å². The van der Waals surface area contributed by atoms with Crippen molar-refractivity contribution in [2.45, 2.75) is 33.1 Å². The van der Waals surface area contributed by atoms with E-state index in [1.165, 1.54) is 12.6 Å². The van der Waals surface area contributed by atoms with E-state index in [0.29, 0.717) is 17.1 Å². The Kier molecular flexibility index (Phi) is 11.2. The topological polar surface area (TPSA) is 107 Å². The van der Waals surface area contributed by atoms with Crippen LogP contribution in [0.15, 0.2) is 21.9 Å². The number of anilines is 2. The molecule has 0 atom stereocenters. The van der Waals surface area contributed by atoms with Crippen molar-refractivity contribution in [2.75, 3.05) is 30.4 Å². The van der Waals surface area contributed by atoms with Crippen molar-refractivity contribution in [3.8, 4) is 11.3 Å². The summed E-state index contributed by atoms with van der Waals surface area (Å²) in [6, 6.07) is 1.83. The quantitative estimate of drug-likeness (QED) is 0.477. The van der Waals surface area contributed by atoms with Gasteiger partial charge in [0.1, 0.15) is 5.69 Å². The van der Waals surface area contributed by atoms with Crippen LogP contribution in [-0.4, -0.2) is 40.3 Å². The zero-order valence-electron chi connectivity index (χ0n) is 15.8. The first-order valence-corrected chi connectivity index (χ1v) is 8.23. The summed E-state index contributed by atoms with van der Waals surface area (Å²) >= 11 is 0. The number of aromatic nitrogens is 4. The van der Waals surface area contributed by atoms with Gasteiger partial charge in [0.2, 0.25) is 0 Å². The molecule has 3 heterocycles. The van der Waals surface area contributed by atoms with Gasteiger partial charge in [-0.25, -0.2) is 4.79 Å². The van der Waals surface area contributed by atoms with Gasteiger partial charge in [-0.15, -0.1) is 10.2 Å². The van der Waals surface area contributed by atoms with E-state index in [9.17, 15) is 9.59 Å². The van der Waals surface area contributed by atoms with Crippen molar-refractivity contribution >= 4 is 11.5 Å². The average molecular weight is 585 g/mol. The number of hydrogen-bond donors (Lipinski definition) is 3. The SMILES string of the molecule is CCC.CNc1nnc(-c2c[nH]c(=O)[nH]c2=O)cc1N1CCCC1.[CH3-].[U]. The maximum atomic E-state index is 11.9. The van der Waals surface area contributed by atoms with Gasteiger partial charge in [0.15, 0.2) is 5.82 Å². The number of nitrogens with zero attached hydrogens (tertiary/aromatic N) is 3. The van der Waals surface area contributed by atoms with Crippen LogP contribution in [0.3, 0.4) is 0 Å². The first kappa shape index (κ1) is 24.4. The normalized spacial score (nSPS) is 12.3. The van der Waals surface area contributed by atoms with E-state index in [-0.39, 0.29) is 38.5 Å². The molecule has 0 amide bonds. The van der Waals surface area contributed by atoms with Gasteiger partial charge in [-0.3, -0.25) is 9.78 Å². The molecule has 2 aromatic heterocycles. The average Bonchev–Trinajstić information content (AvgIpc) is 3.09. The van der Waals surface area contributed by atoms with Crippen molar-refractivity contribution in [3.63, 3.8) is 0 Å². The molecule has 0 radical (unpaired) electrons. The molecular weight excluding hydrogens is 558 g/mol. The number of aromatic amines is 2. The number of rotatable bonds is 3. The number of hydrogen-bond acceptors (Lipinski definition) is 6. The van der Waals surface area contributed by atoms with Crippen molar-refractivity contribution in [2.24, 2.45) is 0 Å². The maximum Gasteiger partial charge on any atom is 0.325 e. The van der Waals surface area contributed by atoms with Crippen molar-refractivity contribution < 1.29 is 31.1 Å². The summed E-state index contributed by atoms with van der Waals surface area (Å²) in [7, 11) is 1.79. The third-order valence-electron chi connectivity index (χ3n) is 3.55. The summed E-state index contributed by atoms with van der Waals surface area (Å²) in [6.45, 7) is 6.17. The predicted molar refractivity (Wildman–Crippen MR) is 102 cm³/mol. The van der Waals surface area contributed by atoms with E-state index in [1.807, 2.05) is 6.07 Å². The van der Waals surface area contributed by atoms with Gasteiger partial charge in [0, 0.05) is 57.4 Å². The molecular formula is C17H27N6O2U-. The van der Waals surface area contributed by atoms with Crippen LogP contribution < -0.4 is 21.5 Å². The first-order valence-electron chi connectivity index (χ1n) is 8.23. The smallest absolute Gasteiger partial charge is 0.325 e. The van der Waals surface area contributed by atoms with E-state index in [0.717, 1.165) is 31.6 Å². The maximum absolute atomic E-state index is 11.9. The standard InChI is InChI=1S/C13H16N6O2.C3H8.CH3.U/c1-14-11-10(19-4-2-3-5-19)6-9(17-18-11)8-7-15-13(21)16-12(8)20;1-3-2;;/h6-7H,2-5H2,1H3,(H,14,18)(H2,15,16,20,21);3H2,1-2H3;1H3;/q;;-1;. The van der Waals surface area contributed by atoms with Gasteiger partial charge in [0.25, 0.3) is 5.56 Å². The van der Waals surface area contributed by atoms with Crippen LogP contribution in [0, 0.1) is 38.5 Å². The zero-order chi connectivity index (χ0) is 17.5. The Balaban J connectivity index is 0.00000117. The molecule has 9 heteroatoms. The molecule has 1 fully saturated rings. The Morgan fingerprint density at radius 1 is 1.19 bits per heavy atom. The van der Waals surface area contributed by atoms with E-state index in [4.69, 9.17) is 0 Å². The molecule has 26 heavy (non-hydrogen) atoms. The monoisotopic (exact) mass is 585 g/mol. The van der Waals surface area contributed by atoms with Gasteiger partial charge >= 0.3 is 5.69 Å².